The third kappa shape index (κ3) is 3.17. The molecule has 7 heteroatoms. The van der Waals surface area contributed by atoms with E-state index in [0.717, 1.165) is 31.4 Å². The van der Waals surface area contributed by atoms with E-state index in [2.05, 4.69) is 15.9 Å². The average molecular weight is 435 g/mol. The quantitative estimate of drug-likeness (QED) is 0.416. The van der Waals surface area contributed by atoms with Gasteiger partial charge in [-0.05, 0) is 62.6 Å². The number of nitrogens with zero attached hydrogens (tertiary/aromatic N) is 4. The Morgan fingerprint density at radius 3 is 2.94 bits per heavy atom. The van der Waals surface area contributed by atoms with Crippen molar-refractivity contribution in [1.82, 2.24) is 14.4 Å². The van der Waals surface area contributed by atoms with Gasteiger partial charge < -0.3 is 9.47 Å². The second kappa shape index (κ2) is 7.73. The molecule has 0 radical (unpaired) electrons. The van der Waals surface area contributed by atoms with Crippen molar-refractivity contribution < 1.29 is 9.72 Å². The smallest absolute Gasteiger partial charge is 0.278 e. The zero-order valence-corrected chi connectivity index (χ0v) is 18.4. The largest absolute Gasteiger partial charge is 0.338 e. The fourth-order valence-corrected chi connectivity index (χ4v) is 6.99. The van der Waals surface area contributed by atoms with E-state index in [9.17, 15) is 14.9 Å². The lowest BCUT2D eigenvalue weighted by molar-refractivity contribution is -0.383. The number of hydrogen-bond acceptors (Lipinski definition) is 4. The highest BCUT2D eigenvalue weighted by Crippen LogP contribution is 2.45. The minimum absolute atomic E-state index is 0.0912. The second-order valence-electron chi connectivity index (χ2n) is 10.0. The van der Waals surface area contributed by atoms with Gasteiger partial charge in [0.25, 0.3) is 5.69 Å². The number of non-ortho nitro benzene ring substituents is 1. The number of likely N-dealkylation sites (tertiary alicyclic amines) is 1. The number of rotatable bonds is 3. The van der Waals surface area contributed by atoms with Crippen LogP contribution in [-0.4, -0.2) is 56.9 Å². The van der Waals surface area contributed by atoms with E-state index in [0.29, 0.717) is 23.3 Å². The van der Waals surface area contributed by atoms with E-state index < -0.39 is 0 Å². The van der Waals surface area contributed by atoms with Crippen LogP contribution >= 0.6 is 0 Å². The van der Waals surface area contributed by atoms with E-state index in [1.54, 1.807) is 12.1 Å². The SMILES string of the molecule is O=C(Cn1ccc2c([N+](=O)[O-])cccc21)N1CCCC2=CC3CC(CN4CCCCC34)C21. The molecule has 0 N–H and O–H groups in total. The maximum atomic E-state index is 13.6. The summed E-state index contributed by atoms with van der Waals surface area (Å²) in [5.74, 6) is 1.31. The van der Waals surface area contributed by atoms with Crippen LogP contribution in [0.1, 0.15) is 38.5 Å². The van der Waals surface area contributed by atoms with Crippen LogP contribution in [0.5, 0.6) is 0 Å². The van der Waals surface area contributed by atoms with Crippen LogP contribution in [0.25, 0.3) is 10.9 Å². The summed E-state index contributed by atoms with van der Waals surface area (Å²) in [5, 5.41) is 12.0. The molecular formula is C25H30N4O3. The van der Waals surface area contributed by atoms with E-state index in [-0.39, 0.29) is 29.1 Å². The van der Waals surface area contributed by atoms with Crippen LogP contribution in [0, 0.1) is 22.0 Å². The summed E-state index contributed by atoms with van der Waals surface area (Å²) in [7, 11) is 0. The minimum Gasteiger partial charge on any atom is -0.338 e. The molecule has 32 heavy (non-hydrogen) atoms. The number of aromatic nitrogens is 1. The number of benzene rings is 1. The molecule has 0 spiro atoms. The first-order valence-electron chi connectivity index (χ1n) is 12.1. The first-order chi connectivity index (χ1) is 15.6. The number of piperidine rings is 3. The Balaban J connectivity index is 1.27. The molecule has 1 aromatic heterocycles. The topological polar surface area (TPSA) is 71.6 Å². The number of carbonyl (C=O) groups is 1. The summed E-state index contributed by atoms with van der Waals surface area (Å²) >= 11 is 0. The molecule has 3 saturated heterocycles. The van der Waals surface area contributed by atoms with Crippen molar-refractivity contribution in [2.45, 2.75) is 57.2 Å². The molecule has 6 rings (SSSR count). The molecule has 3 fully saturated rings. The fraction of sp³-hybridized carbons (Fsp3) is 0.560. The molecular weight excluding hydrogens is 404 g/mol. The lowest BCUT2D eigenvalue weighted by atomic mass is 9.68. The van der Waals surface area contributed by atoms with E-state index >= 15 is 0 Å². The highest BCUT2D eigenvalue weighted by molar-refractivity contribution is 5.90. The molecule has 2 bridgehead atoms. The third-order valence-corrected chi connectivity index (χ3v) is 8.27. The fourth-order valence-electron chi connectivity index (χ4n) is 6.99. The Hall–Kier alpha value is -2.67. The van der Waals surface area contributed by atoms with Gasteiger partial charge in [-0.15, -0.1) is 0 Å². The minimum atomic E-state index is -0.356. The molecule has 1 aromatic carbocycles. The number of amides is 1. The molecule has 0 saturated carbocycles. The lowest BCUT2D eigenvalue weighted by Crippen LogP contribution is -2.60. The van der Waals surface area contributed by atoms with Gasteiger partial charge in [-0.2, -0.15) is 0 Å². The maximum Gasteiger partial charge on any atom is 0.278 e. The second-order valence-corrected chi connectivity index (χ2v) is 10.0. The van der Waals surface area contributed by atoms with Gasteiger partial charge in [0.1, 0.15) is 6.54 Å². The maximum absolute atomic E-state index is 13.6. The molecule has 2 aromatic rings. The van der Waals surface area contributed by atoms with Crippen LogP contribution in [0.2, 0.25) is 0 Å². The summed E-state index contributed by atoms with van der Waals surface area (Å²) in [6.07, 6.45) is 11.7. The number of carbonyl (C=O) groups excluding carboxylic acids is 1. The highest BCUT2D eigenvalue weighted by Gasteiger charge is 2.46. The summed E-state index contributed by atoms with van der Waals surface area (Å²) in [6, 6.07) is 7.77. The van der Waals surface area contributed by atoms with Crippen LogP contribution in [0.15, 0.2) is 42.1 Å². The Kier molecular flexibility index (Phi) is 4.82. The Bertz CT molecular complexity index is 1110. The van der Waals surface area contributed by atoms with Gasteiger partial charge in [0.2, 0.25) is 5.91 Å². The van der Waals surface area contributed by atoms with E-state index in [1.807, 2.05) is 16.8 Å². The van der Waals surface area contributed by atoms with Crippen molar-refractivity contribution >= 4 is 22.5 Å². The average Bonchev–Trinajstić information content (AvgIpc) is 3.21. The van der Waals surface area contributed by atoms with Crippen LogP contribution < -0.4 is 0 Å². The van der Waals surface area contributed by atoms with Gasteiger partial charge in [0.05, 0.1) is 21.9 Å². The van der Waals surface area contributed by atoms with Gasteiger partial charge in [-0.25, -0.2) is 0 Å². The molecule has 4 atom stereocenters. The zero-order valence-electron chi connectivity index (χ0n) is 18.4. The number of nitro groups is 1. The molecule has 7 nitrogen and oxygen atoms in total. The molecule has 1 amide bonds. The van der Waals surface area contributed by atoms with E-state index in [4.69, 9.17) is 0 Å². The van der Waals surface area contributed by atoms with Crippen molar-refractivity contribution in [3.05, 3.63) is 52.2 Å². The highest BCUT2D eigenvalue weighted by atomic mass is 16.6. The van der Waals surface area contributed by atoms with Crippen molar-refractivity contribution in [2.24, 2.45) is 11.8 Å². The predicted octanol–water partition coefficient (Wildman–Crippen LogP) is 3.97. The number of fused-ring (bicyclic) bond motifs is 7. The van der Waals surface area contributed by atoms with Crippen LogP contribution in [-0.2, 0) is 11.3 Å². The van der Waals surface area contributed by atoms with Gasteiger partial charge in [-0.3, -0.25) is 19.8 Å². The number of nitro benzene ring substituents is 1. The molecule has 4 heterocycles. The third-order valence-electron chi connectivity index (χ3n) is 8.27. The van der Waals surface area contributed by atoms with Crippen LogP contribution in [0.3, 0.4) is 0 Å². The Morgan fingerprint density at radius 1 is 1.16 bits per heavy atom. The first-order valence-corrected chi connectivity index (χ1v) is 12.1. The number of hydrogen-bond donors (Lipinski definition) is 0. The molecule has 3 aliphatic heterocycles. The van der Waals surface area contributed by atoms with Gasteiger partial charge in [-0.1, -0.05) is 24.1 Å². The standard InChI is InChI=1S/C25H30N4O3/c30-24(16-27-12-9-20-22(27)7-3-8-23(20)29(31)32)28-11-4-5-17-13-18-14-19(25(17)28)15-26-10-2-1-6-21(18)26/h3,7-9,12-13,18-19,21,25H,1-2,4-6,10-11,14-16H2. The van der Waals surface area contributed by atoms with E-state index in [1.165, 1.54) is 43.9 Å². The van der Waals surface area contributed by atoms with Crippen molar-refractivity contribution in [3.8, 4) is 0 Å². The molecule has 4 unspecified atom stereocenters. The van der Waals surface area contributed by atoms with Crippen molar-refractivity contribution in [2.75, 3.05) is 19.6 Å². The molecule has 168 valence electrons. The summed E-state index contributed by atoms with van der Waals surface area (Å²) in [5.41, 5.74) is 2.33. The lowest BCUT2D eigenvalue weighted by Gasteiger charge is -2.54. The van der Waals surface area contributed by atoms with Gasteiger partial charge >= 0.3 is 0 Å². The van der Waals surface area contributed by atoms with Gasteiger partial charge in [0.15, 0.2) is 0 Å². The molecule has 4 aliphatic rings. The Labute approximate surface area is 187 Å². The van der Waals surface area contributed by atoms with Crippen molar-refractivity contribution in [1.29, 1.82) is 0 Å². The summed E-state index contributed by atoms with van der Waals surface area (Å²) in [4.78, 5) is 29.4. The summed E-state index contributed by atoms with van der Waals surface area (Å²) < 4.78 is 1.87. The normalized spacial score (nSPS) is 29.9. The zero-order chi connectivity index (χ0) is 21.8. The Morgan fingerprint density at radius 2 is 2.06 bits per heavy atom. The monoisotopic (exact) mass is 434 g/mol. The van der Waals surface area contributed by atoms with Crippen LogP contribution in [0.4, 0.5) is 5.69 Å². The molecule has 1 aliphatic carbocycles. The first kappa shape index (κ1) is 20.0. The summed E-state index contributed by atoms with van der Waals surface area (Å²) in [6.45, 7) is 3.36. The van der Waals surface area contributed by atoms with Gasteiger partial charge in [0, 0.05) is 31.4 Å². The predicted molar refractivity (Wildman–Crippen MR) is 122 cm³/mol. The van der Waals surface area contributed by atoms with Crippen molar-refractivity contribution in [3.63, 3.8) is 0 Å².